The molecule has 1 aliphatic carbocycles. The quantitative estimate of drug-likeness (QED) is 0.152. The molecule has 2 heteroatoms. The van der Waals surface area contributed by atoms with Gasteiger partial charge in [-0.15, -0.1) is 0 Å². The van der Waals surface area contributed by atoms with Crippen LogP contribution in [0.5, 0.6) is 0 Å². The molecule has 11 aromatic rings. The van der Waals surface area contributed by atoms with E-state index in [9.17, 15) is 0 Å². The summed E-state index contributed by atoms with van der Waals surface area (Å²) in [6.45, 7) is 4.70. The predicted octanol–water partition coefficient (Wildman–Crippen LogP) is 17.3. The number of nitrogens with zero attached hydrogens (tertiary/aromatic N) is 2. The lowest BCUT2D eigenvalue weighted by atomic mass is 9.81. The van der Waals surface area contributed by atoms with Crippen molar-refractivity contribution in [2.24, 2.45) is 0 Å². The third-order valence-corrected chi connectivity index (χ3v) is 13.7. The average molecular weight is 855 g/mol. The summed E-state index contributed by atoms with van der Waals surface area (Å²) in [5.74, 6) is 0.699. The summed E-state index contributed by atoms with van der Waals surface area (Å²) in [6.07, 6.45) is 0. The highest BCUT2D eigenvalue weighted by molar-refractivity contribution is 6.05. The molecule has 0 spiro atoms. The lowest BCUT2D eigenvalue weighted by Crippen LogP contribution is -2.14. The van der Waals surface area contributed by atoms with Crippen molar-refractivity contribution in [1.29, 1.82) is 0 Å². The number of benzene rings is 10. The Hall–Kier alpha value is -8.46. The standard InChI is InChI=1S/C65H46N2/c1-65(2)60-28-15-14-27-57(60)58-34-33-50(41-61(58)65)48-23-16-24-49(37-48)52-38-51(44-19-8-4-9-20-44)39-53(40-52)54-35-36-59(56-26-13-12-25-55(54)56)63-42-62(66-64(67-63)47-21-10-5-11-22-47)46-31-29-45(30-32-46)43-17-6-3-7-18-43/h3-42H,1-2H3. The Morgan fingerprint density at radius 1 is 0.254 bits per heavy atom. The first-order chi connectivity index (χ1) is 32.9. The van der Waals surface area contributed by atoms with Crippen molar-refractivity contribution in [3.8, 4) is 101 Å². The number of aromatic nitrogens is 2. The van der Waals surface area contributed by atoms with Gasteiger partial charge in [0.05, 0.1) is 11.4 Å². The molecule has 1 aliphatic rings. The fourth-order valence-electron chi connectivity index (χ4n) is 10.2. The van der Waals surface area contributed by atoms with Gasteiger partial charge in [-0.05, 0) is 125 Å². The molecule has 2 nitrogen and oxygen atoms in total. The Kier molecular flexibility index (Phi) is 9.88. The Morgan fingerprint density at radius 2 is 0.687 bits per heavy atom. The van der Waals surface area contributed by atoms with Gasteiger partial charge in [0.25, 0.3) is 0 Å². The zero-order chi connectivity index (χ0) is 44.9. The second-order valence-electron chi connectivity index (χ2n) is 18.2. The first-order valence-corrected chi connectivity index (χ1v) is 23.1. The van der Waals surface area contributed by atoms with Crippen LogP contribution in [-0.4, -0.2) is 9.97 Å². The molecule has 0 saturated heterocycles. The first-order valence-electron chi connectivity index (χ1n) is 23.1. The molecule has 12 rings (SSSR count). The van der Waals surface area contributed by atoms with Crippen molar-refractivity contribution in [3.63, 3.8) is 0 Å². The van der Waals surface area contributed by atoms with Crippen molar-refractivity contribution >= 4 is 10.8 Å². The van der Waals surface area contributed by atoms with Crippen molar-refractivity contribution in [2.75, 3.05) is 0 Å². The smallest absolute Gasteiger partial charge is 0.160 e. The first kappa shape index (κ1) is 40.1. The van der Waals surface area contributed by atoms with Gasteiger partial charge in [0.1, 0.15) is 0 Å². The molecule has 1 aromatic heterocycles. The highest BCUT2D eigenvalue weighted by atomic mass is 14.9. The molecule has 0 N–H and O–H groups in total. The van der Waals surface area contributed by atoms with Gasteiger partial charge in [-0.25, -0.2) is 9.97 Å². The summed E-state index contributed by atoms with van der Waals surface area (Å²) in [7, 11) is 0. The predicted molar refractivity (Wildman–Crippen MR) is 281 cm³/mol. The lowest BCUT2D eigenvalue weighted by molar-refractivity contribution is 0.660. The minimum Gasteiger partial charge on any atom is -0.228 e. The molecule has 0 unspecified atom stereocenters. The van der Waals surface area contributed by atoms with Gasteiger partial charge < -0.3 is 0 Å². The topological polar surface area (TPSA) is 25.8 Å². The summed E-state index contributed by atoms with van der Waals surface area (Å²) in [4.78, 5) is 10.5. The number of fused-ring (bicyclic) bond motifs is 4. The van der Waals surface area contributed by atoms with Crippen molar-refractivity contribution < 1.29 is 0 Å². The molecule has 0 fully saturated rings. The molecule has 10 aromatic carbocycles. The van der Waals surface area contributed by atoms with Crippen molar-refractivity contribution in [3.05, 3.63) is 254 Å². The minimum absolute atomic E-state index is 0.0637. The maximum absolute atomic E-state index is 5.28. The highest BCUT2D eigenvalue weighted by Crippen LogP contribution is 2.50. The van der Waals surface area contributed by atoms with Gasteiger partial charge in [0.2, 0.25) is 0 Å². The van der Waals surface area contributed by atoms with Crippen LogP contribution >= 0.6 is 0 Å². The van der Waals surface area contributed by atoms with Crippen LogP contribution in [0.2, 0.25) is 0 Å². The Bertz CT molecular complexity index is 3630. The van der Waals surface area contributed by atoms with E-state index in [0.717, 1.165) is 39.0 Å². The number of hydrogen-bond acceptors (Lipinski definition) is 2. The SMILES string of the molecule is CC1(C)c2ccccc2-c2ccc(-c3cccc(-c4cc(-c5ccccc5)cc(-c5ccc(-c6cc(-c7ccc(-c8ccccc8)cc7)nc(-c7ccccc7)n6)c6ccccc56)c4)c3)cc21. The molecule has 0 radical (unpaired) electrons. The Labute approximate surface area is 392 Å². The van der Waals surface area contributed by atoms with E-state index in [2.05, 4.69) is 238 Å². The number of hydrogen-bond donors (Lipinski definition) is 0. The van der Waals surface area contributed by atoms with Crippen molar-refractivity contribution in [1.82, 2.24) is 9.97 Å². The Morgan fingerprint density at radius 3 is 1.40 bits per heavy atom. The van der Waals surface area contributed by atoms with Crippen LogP contribution in [-0.2, 0) is 5.41 Å². The molecule has 67 heavy (non-hydrogen) atoms. The fourth-order valence-corrected chi connectivity index (χ4v) is 10.2. The van der Waals surface area contributed by atoms with Gasteiger partial charge in [0.15, 0.2) is 5.82 Å². The Balaban J connectivity index is 0.971. The fraction of sp³-hybridized carbons (Fsp3) is 0.0462. The van der Waals surface area contributed by atoms with E-state index >= 15 is 0 Å². The lowest BCUT2D eigenvalue weighted by Gasteiger charge is -2.22. The van der Waals surface area contributed by atoms with E-state index in [1.807, 2.05) is 18.2 Å². The summed E-state index contributed by atoms with van der Waals surface area (Å²) in [6, 6.07) is 87.7. The molecule has 0 saturated carbocycles. The van der Waals surface area contributed by atoms with Crippen LogP contribution in [0, 0.1) is 0 Å². The second kappa shape index (κ2) is 16.5. The minimum atomic E-state index is -0.0637. The van der Waals surface area contributed by atoms with Crippen LogP contribution in [0.3, 0.4) is 0 Å². The zero-order valence-corrected chi connectivity index (χ0v) is 37.5. The largest absolute Gasteiger partial charge is 0.228 e. The van der Waals surface area contributed by atoms with E-state index in [-0.39, 0.29) is 5.41 Å². The third-order valence-electron chi connectivity index (χ3n) is 13.7. The summed E-state index contributed by atoms with van der Waals surface area (Å²) < 4.78 is 0. The summed E-state index contributed by atoms with van der Waals surface area (Å²) in [5.41, 5.74) is 22.1. The van der Waals surface area contributed by atoms with E-state index in [0.29, 0.717) is 5.82 Å². The molecular weight excluding hydrogens is 809 g/mol. The van der Waals surface area contributed by atoms with E-state index < -0.39 is 0 Å². The van der Waals surface area contributed by atoms with Crippen LogP contribution in [0.4, 0.5) is 0 Å². The van der Waals surface area contributed by atoms with Gasteiger partial charge in [-0.2, -0.15) is 0 Å². The van der Waals surface area contributed by atoms with Gasteiger partial charge in [-0.3, -0.25) is 0 Å². The number of rotatable bonds is 8. The molecule has 316 valence electrons. The van der Waals surface area contributed by atoms with Gasteiger partial charge in [0, 0.05) is 22.1 Å². The maximum atomic E-state index is 5.28. The van der Waals surface area contributed by atoms with E-state index in [1.165, 1.54) is 77.7 Å². The summed E-state index contributed by atoms with van der Waals surface area (Å²) in [5, 5.41) is 2.30. The van der Waals surface area contributed by atoms with E-state index in [1.54, 1.807) is 0 Å². The second-order valence-corrected chi connectivity index (χ2v) is 18.2. The van der Waals surface area contributed by atoms with Gasteiger partial charge >= 0.3 is 0 Å². The molecule has 1 heterocycles. The normalized spacial score (nSPS) is 12.4. The monoisotopic (exact) mass is 854 g/mol. The summed E-state index contributed by atoms with van der Waals surface area (Å²) >= 11 is 0. The van der Waals surface area contributed by atoms with Crippen molar-refractivity contribution in [2.45, 2.75) is 19.3 Å². The highest BCUT2D eigenvalue weighted by Gasteiger charge is 2.35. The maximum Gasteiger partial charge on any atom is 0.160 e. The average Bonchev–Trinajstić information content (AvgIpc) is 3.63. The molecule has 0 bridgehead atoms. The third kappa shape index (κ3) is 7.34. The zero-order valence-electron chi connectivity index (χ0n) is 37.5. The molecule has 0 amide bonds. The molecule has 0 atom stereocenters. The van der Waals surface area contributed by atoms with Crippen LogP contribution in [0.1, 0.15) is 25.0 Å². The van der Waals surface area contributed by atoms with Crippen LogP contribution in [0.15, 0.2) is 243 Å². The van der Waals surface area contributed by atoms with Crippen LogP contribution in [0.25, 0.3) is 111 Å². The van der Waals surface area contributed by atoms with Gasteiger partial charge in [-0.1, -0.05) is 220 Å². The van der Waals surface area contributed by atoms with Crippen LogP contribution < -0.4 is 0 Å². The molecular formula is C65H46N2. The molecule has 0 aliphatic heterocycles. The van der Waals surface area contributed by atoms with E-state index in [4.69, 9.17) is 9.97 Å².